The van der Waals surface area contributed by atoms with Gasteiger partial charge in [0, 0.05) is 16.5 Å². The Bertz CT molecular complexity index is 1490. The number of pyridine rings is 1. The van der Waals surface area contributed by atoms with Crippen LogP contribution in [0.3, 0.4) is 0 Å². The van der Waals surface area contributed by atoms with Crippen molar-refractivity contribution in [3.8, 4) is 17.1 Å². The molecule has 0 amide bonds. The molecule has 0 aliphatic rings. The van der Waals surface area contributed by atoms with Gasteiger partial charge < -0.3 is 4.74 Å². The van der Waals surface area contributed by atoms with Gasteiger partial charge in [0.25, 0.3) is 0 Å². The van der Waals surface area contributed by atoms with E-state index >= 15 is 0 Å². The van der Waals surface area contributed by atoms with Crippen LogP contribution in [0.15, 0.2) is 77.7 Å². The SMILES string of the molecule is COc1cccc(-n2c(=O)n(-c3ccccc3Cl)c3c4cc(Cl)ccc4ncc32)c1. The minimum atomic E-state index is -0.263. The molecule has 30 heavy (non-hydrogen) atoms. The predicted molar refractivity (Wildman–Crippen MR) is 121 cm³/mol. The van der Waals surface area contributed by atoms with Gasteiger partial charge in [-0.05, 0) is 42.5 Å². The number of benzene rings is 3. The number of hydrogen-bond acceptors (Lipinski definition) is 3. The zero-order chi connectivity index (χ0) is 20.8. The first-order valence-electron chi connectivity index (χ1n) is 9.19. The first-order chi connectivity index (χ1) is 14.6. The van der Waals surface area contributed by atoms with Gasteiger partial charge in [0.1, 0.15) is 5.75 Å². The molecule has 5 rings (SSSR count). The molecule has 0 fully saturated rings. The van der Waals surface area contributed by atoms with Crippen LogP contribution in [0.1, 0.15) is 0 Å². The Hall–Kier alpha value is -3.28. The summed E-state index contributed by atoms with van der Waals surface area (Å²) >= 11 is 12.8. The summed E-state index contributed by atoms with van der Waals surface area (Å²) in [5.41, 5.74) is 3.05. The van der Waals surface area contributed by atoms with E-state index in [-0.39, 0.29) is 5.69 Å². The highest BCUT2D eigenvalue weighted by Gasteiger charge is 2.20. The van der Waals surface area contributed by atoms with E-state index in [1.54, 1.807) is 40.6 Å². The van der Waals surface area contributed by atoms with E-state index < -0.39 is 0 Å². The van der Waals surface area contributed by atoms with Crippen molar-refractivity contribution in [2.24, 2.45) is 0 Å². The largest absolute Gasteiger partial charge is 0.497 e. The Morgan fingerprint density at radius 3 is 2.57 bits per heavy atom. The molecule has 5 aromatic rings. The number of ether oxygens (including phenoxy) is 1. The number of halogens is 2. The van der Waals surface area contributed by atoms with Gasteiger partial charge in [0.15, 0.2) is 0 Å². The van der Waals surface area contributed by atoms with Crippen LogP contribution in [0.2, 0.25) is 10.0 Å². The Balaban J connectivity index is 1.99. The van der Waals surface area contributed by atoms with E-state index in [1.165, 1.54) is 0 Å². The third-order valence-electron chi connectivity index (χ3n) is 5.03. The molecule has 0 unspecified atom stereocenters. The standard InChI is InChI=1S/C23H15Cl2N3O2/c1-30-16-6-4-5-15(12-16)27-21-13-26-19-10-9-14(24)11-17(19)22(21)28(23(27)29)20-8-3-2-7-18(20)25/h2-13H,1H3. The summed E-state index contributed by atoms with van der Waals surface area (Å²) in [5, 5.41) is 1.79. The lowest BCUT2D eigenvalue weighted by Crippen LogP contribution is -2.22. The van der Waals surface area contributed by atoms with Gasteiger partial charge >= 0.3 is 5.69 Å². The first-order valence-corrected chi connectivity index (χ1v) is 9.95. The topological polar surface area (TPSA) is 49.0 Å². The maximum atomic E-state index is 13.7. The molecular formula is C23H15Cl2N3O2. The van der Waals surface area contributed by atoms with Gasteiger partial charge in [-0.1, -0.05) is 41.4 Å². The second kappa shape index (κ2) is 7.20. The van der Waals surface area contributed by atoms with Crippen molar-refractivity contribution in [2.75, 3.05) is 7.11 Å². The van der Waals surface area contributed by atoms with Crippen molar-refractivity contribution in [3.05, 3.63) is 93.5 Å². The molecule has 5 nitrogen and oxygen atoms in total. The molecule has 0 N–H and O–H groups in total. The molecular weight excluding hydrogens is 421 g/mol. The van der Waals surface area contributed by atoms with Crippen molar-refractivity contribution in [2.45, 2.75) is 0 Å². The highest BCUT2D eigenvalue weighted by molar-refractivity contribution is 6.33. The van der Waals surface area contributed by atoms with Crippen LogP contribution in [-0.4, -0.2) is 21.2 Å². The van der Waals surface area contributed by atoms with E-state index in [0.29, 0.717) is 38.2 Å². The molecule has 0 bridgehead atoms. The monoisotopic (exact) mass is 435 g/mol. The Morgan fingerprint density at radius 2 is 1.77 bits per heavy atom. The Kier molecular flexibility index (Phi) is 4.50. The molecule has 7 heteroatoms. The Morgan fingerprint density at radius 1 is 0.933 bits per heavy atom. The average molecular weight is 436 g/mol. The number of para-hydroxylation sites is 1. The van der Waals surface area contributed by atoms with Crippen LogP contribution in [-0.2, 0) is 0 Å². The normalized spacial score (nSPS) is 11.3. The summed E-state index contributed by atoms with van der Waals surface area (Å²) in [6, 6.07) is 20.0. The van der Waals surface area contributed by atoms with Gasteiger partial charge in [-0.3, -0.25) is 14.1 Å². The minimum Gasteiger partial charge on any atom is -0.497 e. The molecule has 3 aromatic carbocycles. The lowest BCUT2D eigenvalue weighted by molar-refractivity contribution is 0.414. The number of aromatic nitrogens is 3. The van der Waals surface area contributed by atoms with Crippen molar-refractivity contribution in [1.82, 2.24) is 14.1 Å². The molecule has 2 heterocycles. The number of methoxy groups -OCH3 is 1. The molecule has 0 aliphatic heterocycles. The van der Waals surface area contributed by atoms with Crippen molar-refractivity contribution in [3.63, 3.8) is 0 Å². The fraction of sp³-hybridized carbons (Fsp3) is 0.0435. The van der Waals surface area contributed by atoms with Crippen LogP contribution in [0.5, 0.6) is 5.75 Å². The zero-order valence-corrected chi connectivity index (χ0v) is 17.4. The number of imidazole rings is 1. The minimum absolute atomic E-state index is 0.263. The van der Waals surface area contributed by atoms with Gasteiger partial charge in [-0.25, -0.2) is 4.79 Å². The quantitative estimate of drug-likeness (QED) is 0.368. The number of rotatable bonds is 3. The second-order valence-corrected chi connectivity index (χ2v) is 7.60. The molecule has 0 saturated carbocycles. The lowest BCUT2D eigenvalue weighted by atomic mass is 10.2. The summed E-state index contributed by atoms with van der Waals surface area (Å²) in [6.07, 6.45) is 1.69. The van der Waals surface area contributed by atoms with Crippen LogP contribution < -0.4 is 10.4 Å². The molecule has 2 aromatic heterocycles. The van der Waals surface area contributed by atoms with Crippen LogP contribution in [0.4, 0.5) is 0 Å². The van der Waals surface area contributed by atoms with Gasteiger partial charge in [0.05, 0.1) is 46.3 Å². The first kappa shape index (κ1) is 18.7. The molecule has 0 radical (unpaired) electrons. The molecule has 0 spiro atoms. The summed E-state index contributed by atoms with van der Waals surface area (Å²) in [5.74, 6) is 0.648. The number of nitrogens with zero attached hydrogens (tertiary/aromatic N) is 3. The highest BCUT2D eigenvalue weighted by atomic mass is 35.5. The smallest absolute Gasteiger partial charge is 0.338 e. The van der Waals surface area contributed by atoms with Crippen LogP contribution in [0.25, 0.3) is 33.3 Å². The summed E-state index contributed by atoms with van der Waals surface area (Å²) in [4.78, 5) is 18.3. The Labute approximate surface area is 181 Å². The molecule has 0 atom stereocenters. The maximum Gasteiger partial charge on any atom is 0.338 e. The van der Waals surface area contributed by atoms with Gasteiger partial charge in [-0.15, -0.1) is 0 Å². The lowest BCUT2D eigenvalue weighted by Gasteiger charge is -2.07. The average Bonchev–Trinajstić information content (AvgIpc) is 3.06. The third kappa shape index (κ3) is 2.86. The fourth-order valence-electron chi connectivity index (χ4n) is 3.69. The van der Waals surface area contributed by atoms with Crippen LogP contribution >= 0.6 is 23.2 Å². The van der Waals surface area contributed by atoms with Gasteiger partial charge in [-0.2, -0.15) is 0 Å². The van der Waals surface area contributed by atoms with Gasteiger partial charge in [0.2, 0.25) is 0 Å². The van der Waals surface area contributed by atoms with E-state index in [2.05, 4.69) is 4.98 Å². The second-order valence-electron chi connectivity index (χ2n) is 6.76. The van der Waals surface area contributed by atoms with E-state index in [9.17, 15) is 4.79 Å². The fourth-order valence-corrected chi connectivity index (χ4v) is 4.09. The highest BCUT2D eigenvalue weighted by Crippen LogP contribution is 2.31. The molecule has 148 valence electrons. The number of hydrogen-bond donors (Lipinski definition) is 0. The molecule has 0 aliphatic carbocycles. The maximum absolute atomic E-state index is 13.7. The van der Waals surface area contributed by atoms with E-state index in [4.69, 9.17) is 27.9 Å². The number of fused-ring (bicyclic) bond motifs is 3. The van der Waals surface area contributed by atoms with Crippen molar-refractivity contribution in [1.29, 1.82) is 0 Å². The summed E-state index contributed by atoms with van der Waals surface area (Å²) in [7, 11) is 1.59. The van der Waals surface area contributed by atoms with E-state index in [0.717, 1.165) is 10.9 Å². The predicted octanol–water partition coefficient (Wildman–Crippen LogP) is 5.65. The van der Waals surface area contributed by atoms with Crippen molar-refractivity contribution < 1.29 is 4.74 Å². The molecule has 0 saturated heterocycles. The van der Waals surface area contributed by atoms with Crippen LogP contribution in [0, 0.1) is 0 Å². The summed E-state index contributed by atoms with van der Waals surface area (Å²) < 4.78 is 8.56. The van der Waals surface area contributed by atoms with Crippen molar-refractivity contribution >= 4 is 45.1 Å². The third-order valence-corrected chi connectivity index (χ3v) is 5.59. The summed E-state index contributed by atoms with van der Waals surface area (Å²) in [6.45, 7) is 0. The zero-order valence-electron chi connectivity index (χ0n) is 15.8. The van der Waals surface area contributed by atoms with E-state index in [1.807, 2.05) is 48.5 Å².